The van der Waals surface area contributed by atoms with Crippen LogP contribution in [0.1, 0.15) is 29.1 Å². The van der Waals surface area contributed by atoms with E-state index in [1.54, 1.807) is 42.4 Å². The minimum absolute atomic E-state index is 0.0751. The van der Waals surface area contributed by atoms with Gasteiger partial charge in [-0.1, -0.05) is 31.5 Å². The molecule has 28 heavy (non-hydrogen) atoms. The number of nitrogens with one attached hydrogen (secondary N) is 1. The lowest BCUT2D eigenvalue weighted by Crippen LogP contribution is -2.51. The summed E-state index contributed by atoms with van der Waals surface area (Å²) >= 11 is 7.43. The maximum atomic E-state index is 13.2. The lowest BCUT2D eigenvalue weighted by Gasteiger charge is -2.29. The fourth-order valence-corrected chi connectivity index (χ4v) is 3.79. The molecule has 0 radical (unpaired) electrons. The van der Waals surface area contributed by atoms with Gasteiger partial charge < -0.3 is 15.0 Å². The first-order valence-corrected chi connectivity index (χ1v) is 10.1. The molecule has 0 aliphatic rings. The second-order valence-corrected chi connectivity index (χ2v) is 8.44. The number of carbonyl (C=O) groups excluding carboxylic acids is 2. The summed E-state index contributed by atoms with van der Waals surface area (Å²) in [5.41, 5.74) is 0.472. The van der Waals surface area contributed by atoms with E-state index >= 15 is 0 Å². The van der Waals surface area contributed by atoms with Crippen molar-refractivity contribution in [1.82, 2.24) is 10.2 Å². The predicted octanol–water partition coefficient (Wildman–Crippen LogP) is 4.38. The highest BCUT2D eigenvalue weighted by molar-refractivity contribution is 7.16. The van der Waals surface area contributed by atoms with Gasteiger partial charge in [-0.2, -0.15) is 0 Å². The molecule has 1 unspecified atom stereocenters. The number of hydrogen-bond donors (Lipinski definition) is 1. The topological polar surface area (TPSA) is 58.6 Å². The molecule has 1 heterocycles. The van der Waals surface area contributed by atoms with Crippen LogP contribution in [0.2, 0.25) is 4.34 Å². The molecule has 0 bridgehead atoms. The van der Waals surface area contributed by atoms with Gasteiger partial charge in [0.05, 0.1) is 18.0 Å². The normalized spacial score (nSPS) is 11.8. The van der Waals surface area contributed by atoms with E-state index in [1.165, 1.54) is 11.3 Å². The van der Waals surface area contributed by atoms with Crippen molar-refractivity contribution in [2.24, 2.45) is 5.92 Å². The Labute approximate surface area is 175 Å². The largest absolute Gasteiger partial charge is 0.497 e. The number of thiophene rings is 1. The number of hydrogen-bond acceptors (Lipinski definition) is 4. The number of halogens is 1. The van der Waals surface area contributed by atoms with Crippen LogP contribution in [0.25, 0.3) is 0 Å². The van der Waals surface area contributed by atoms with Crippen LogP contribution in [0.4, 0.5) is 0 Å². The summed E-state index contributed by atoms with van der Waals surface area (Å²) in [4.78, 5) is 28.5. The molecular formula is C21H25ClN2O3S. The van der Waals surface area contributed by atoms with Crippen molar-refractivity contribution >= 4 is 34.8 Å². The molecular weight excluding hydrogens is 396 g/mol. The van der Waals surface area contributed by atoms with Crippen LogP contribution < -0.4 is 10.1 Å². The minimum atomic E-state index is -0.648. The molecule has 0 spiro atoms. The van der Waals surface area contributed by atoms with Crippen molar-refractivity contribution in [1.29, 1.82) is 0 Å². The molecule has 1 aromatic carbocycles. The molecule has 0 saturated carbocycles. The standard InChI is InChI=1S/C21H25ClN2O3S/c1-5-12-24(13-17-10-11-18(22)28-17)21(26)19(14(2)3)23-20(25)15-6-8-16(27-4)9-7-15/h5-11,14,19H,1,12-13H2,2-4H3,(H,23,25). The van der Waals surface area contributed by atoms with E-state index < -0.39 is 6.04 Å². The highest BCUT2D eigenvalue weighted by Crippen LogP contribution is 2.23. The SMILES string of the molecule is C=CCN(Cc1ccc(Cl)s1)C(=O)C(NC(=O)c1ccc(OC)cc1)C(C)C. The van der Waals surface area contributed by atoms with E-state index in [1.807, 2.05) is 26.0 Å². The van der Waals surface area contributed by atoms with E-state index in [9.17, 15) is 9.59 Å². The van der Waals surface area contributed by atoms with Crippen LogP contribution in [-0.4, -0.2) is 36.4 Å². The van der Waals surface area contributed by atoms with Crippen LogP contribution >= 0.6 is 22.9 Å². The summed E-state index contributed by atoms with van der Waals surface area (Å²) in [6.07, 6.45) is 1.68. The summed E-state index contributed by atoms with van der Waals surface area (Å²) in [6, 6.07) is 9.83. The van der Waals surface area contributed by atoms with Crippen LogP contribution in [0.15, 0.2) is 49.1 Å². The highest BCUT2D eigenvalue weighted by atomic mass is 35.5. The number of rotatable bonds is 9. The molecule has 1 N–H and O–H groups in total. The Morgan fingerprint density at radius 1 is 1.25 bits per heavy atom. The van der Waals surface area contributed by atoms with Gasteiger partial charge in [0.1, 0.15) is 11.8 Å². The second-order valence-electron chi connectivity index (χ2n) is 6.64. The second kappa shape index (κ2) is 10.3. The molecule has 0 aliphatic carbocycles. The zero-order valence-electron chi connectivity index (χ0n) is 16.3. The summed E-state index contributed by atoms with van der Waals surface area (Å²) < 4.78 is 5.79. The quantitative estimate of drug-likeness (QED) is 0.612. The number of amides is 2. The molecule has 2 amide bonds. The predicted molar refractivity (Wildman–Crippen MR) is 114 cm³/mol. The lowest BCUT2D eigenvalue weighted by atomic mass is 10.0. The Balaban J connectivity index is 2.15. The molecule has 1 aromatic heterocycles. The molecule has 1 atom stereocenters. The zero-order chi connectivity index (χ0) is 20.7. The third-order valence-electron chi connectivity index (χ3n) is 4.21. The van der Waals surface area contributed by atoms with Crippen molar-refractivity contribution < 1.29 is 14.3 Å². The van der Waals surface area contributed by atoms with Gasteiger partial charge in [0, 0.05) is 17.0 Å². The van der Waals surface area contributed by atoms with Crippen LogP contribution in [0, 0.1) is 5.92 Å². The van der Waals surface area contributed by atoms with Crippen molar-refractivity contribution in [2.75, 3.05) is 13.7 Å². The van der Waals surface area contributed by atoms with Gasteiger partial charge in [-0.05, 0) is 42.3 Å². The fourth-order valence-electron chi connectivity index (χ4n) is 2.69. The Morgan fingerprint density at radius 2 is 1.93 bits per heavy atom. The maximum Gasteiger partial charge on any atom is 0.251 e. The first-order valence-electron chi connectivity index (χ1n) is 8.94. The van der Waals surface area contributed by atoms with E-state index in [2.05, 4.69) is 11.9 Å². The maximum absolute atomic E-state index is 13.2. The molecule has 2 rings (SSSR count). The smallest absolute Gasteiger partial charge is 0.251 e. The fraction of sp³-hybridized carbons (Fsp3) is 0.333. The average molecular weight is 421 g/mol. The van der Waals surface area contributed by atoms with Gasteiger partial charge in [0.25, 0.3) is 5.91 Å². The molecule has 2 aromatic rings. The first-order chi connectivity index (χ1) is 13.3. The summed E-state index contributed by atoms with van der Waals surface area (Å²) in [5.74, 6) is 0.141. The molecule has 7 heteroatoms. The van der Waals surface area contributed by atoms with Gasteiger partial charge in [-0.3, -0.25) is 9.59 Å². The Kier molecular flexibility index (Phi) is 8.08. The Bertz CT molecular complexity index is 817. The summed E-state index contributed by atoms with van der Waals surface area (Å²) in [7, 11) is 1.57. The molecule has 5 nitrogen and oxygen atoms in total. The van der Waals surface area contributed by atoms with Gasteiger partial charge >= 0.3 is 0 Å². The molecule has 150 valence electrons. The summed E-state index contributed by atoms with van der Waals surface area (Å²) in [6.45, 7) is 8.36. The van der Waals surface area contributed by atoms with Gasteiger partial charge in [-0.15, -0.1) is 17.9 Å². The average Bonchev–Trinajstić information content (AvgIpc) is 3.09. The Hall–Kier alpha value is -2.31. The third-order valence-corrected chi connectivity index (χ3v) is 5.42. The minimum Gasteiger partial charge on any atom is -0.497 e. The first kappa shape index (κ1) is 22.0. The van der Waals surface area contributed by atoms with Crippen molar-refractivity contribution in [3.8, 4) is 5.75 Å². The lowest BCUT2D eigenvalue weighted by molar-refractivity contribution is -0.134. The van der Waals surface area contributed by atoms with Crippen molar-refractivity contribution in [3.05, 3.63) is 63.8 Å². The Morgan fingerprint density at radius 3 is 2.43 bits per heavy atom. The van der Waals surface area contributed by atoms with Gasteiger partial charge in [0.15, 0.2) is 0 Å². The van der Waals surface area contributed by atoms with Crippen LogP contribution in [0.3, 0.4) is 0 Å². The molecule has 0 aliphatic heterocycles. The number of ether oxygens (including phenoxy) is 1. The number of benzene rings is 1. The van der Waals surface area contributed by atoms with Gasteiger partial charge in [-0.25, -0.2) is 0 Å². The molecule has 0 saturated heterocycles. The highest BCUT2D eigenvalue weighted by Gasteiger charge is 2.29. The van der Waals surface area contributed by atoms with E-state index in [0.717, 1.165) is 4.88 Å². The third kappa shape index (κ3) is 5.84. The van der Waals surface area contributed by atoms with E-state index in [0.29, 0.717) is 28.7 Å². The van der Waals surface area contributed by atoms with Crippen molar-refractivity contribution in [3.63, 3.8) is 0 Å². The van der Waals surface area contributed by atoms with Crippen molar-refractivity contribution in [2.45, 2.75) is 26.4 Å². The van der Waals surface area contributed by atoms with E-state index in [-0.39, 0.29) is 17.7 Å². The number of nitrogens with zero attached hydrogens (tertiary/aromatic N) is 1. The zero-order valence-corrected chi connectivity index (χ0v) is 17.8. The monoisotopic (exact) mass is 420 g/mol. The number of carbonyl (C=O) groups is 2. The number of methoxy groups -OCH3 is 1. The molecule has 0 fully saturated rings. The van der Waals surface area contributed by atoms with Crippen LogP contribution in [-0.2, 0) is 11.3 Å². The summed E-state index contributed by atoms with van der Waals surface area (Å²) in [5, 5.41) is 2.87. The van der Waals surface area contributed by atoms with Gasteiger partial charge in [0.2, 0.25) is 5.91 Å². The van der Waals surface area contributed by atoms with Crippen LogP contribution in [0.5, 0.6) is 5.75 Å². The van der Waals surface area contributed by atoms with E-state index in [4.69, 9.17) is 16.3 Å².